The number of hydrogen-bond acceptors (Lipinski definition) is 4. The van der Waals surface area contributed by atoms with Gasteiger partial charge in [0.25, 0.3) is 5.91 Å². The van der Waals surface area contributed by atoms with Crippen molar-refractivity contribution >= 4 is 17.5 Å². The summed E-state index contributed by atoms with van der Waals surface area (Å²) >= 11 is 6.32. The number of nitrogens with zero attached hydrogens (tertiary/aromatic N) is 4. The van der Waals surface area contributed by atoms with Gasteiger partial charge in [-0.15, -0.1) is 0 Å². The Bertz CT molecular complexity index is 766. The van der Waals surface area contributed by atoms with Crippen LogP contribution in [0.1, 0.15) is 21.6 Å². The lowest BCUT2D eigenvalue weighted by atomic mass is 10.1. The molecule has 0 saturated carbocycles. The van der Waals surface area contributed by atoms with Crippen LogP contribution < -0.4 is 4.74 Å². The second kappa shape index (κ2) is 7.45. The van der Waals surface area contributed by atoms with E-state index in [2.05, 4.69) is 10.00 Å². The number of benzene rings is 1. The molecule has 6 nitrogen and oxygen atoms in total. The quantitative estimate of drug-likeness (QED) is 0.837. The van der Waals surface area contributed by atoms with E-state index in [4.69, 9.17) is 16.3 Å². The number of aromatic nitrogens is 2. The molecule has 25 heavy (non-hydrogen) atoms. The van der Waals surface area contributed by atoms with Crippen LogP contribution in [0.15, 0.2) is 24.3 Å². The Morgan fingerprint density at radius 1 is 1.28 bits per heavy atom. The molecule has 1 aromatic carbocycles. The zero-order chi connectivity index (χ0) is 18.0. The largest absolute Gasteiger partial charge is 0.497 e. The summed E-state index contributed by atoms with van der Waals surface area (Å²) < 4.78 is 6.90. The highest BCUT2D eigenvalue weighted by molar-refractivity contribution is 6.30. The van der Waals surface area contributed by atoms with E-state index < -0.39 is 0 Å². The molecule has 1 aliphatic heterocycles. The summed E-state index contributed by atoms with van der Waals surface area (Å²) in [4.78, 5) is 16.9. The first-order valence-electron chi connectivity index (χ1n) is 8.33. The van der Waals surface area contributed by atoms with E-state index in [0.29, 0.717) is 29.6 Å². The van der Waals surface area contributed by atoms with E-state index in [1.165, 1.54) is 0 Å². The normalized spacial score (nSPS) is 15.4. The third-order valence-corrected chi connectivity index (χ3v) is 5.10. The predicted molar refractivity (Wildman–Crippen MR) is 97.1 cm³/mol. The van der Waals surface area contributed by atoms with Crippen LogP contribution in [0.5, 0.6) is 5.75 Å². The number of ether oxygens (including phenoxy) is 1. The van der Waals surface area contributed by atoms with Gasteiger partial charge in [-0.3, -0.25) is 14.4 Å². The third-order valence-electron chi connectivity index (χ3n) is 4.63. The molecular formula is C18H23ClN4O2. The molecule has 0 atom stereocenters. The first-order chi connectivity index (χ1) is 12.0. The van der Waals surface area contributed by atoms with E-state index >= 15 is 0 Å². The van der Waals surface area contributed by atoms with Crippen LogP contribution in [0, 0.1) is 6.92 Å². The Hall–Kier alpha value is -2.05. The molecule has 0 spiro atoms. The fourth-order valence-corrected chi connectivity index (χ4v) is 3.36. The number of aryl methyl sites for hydroxylation is 2. The van der Waals surface area contributed by atoms with E-state index in [1.54, 1.807) is 17.9 Å². The fraction of sp³-hybridized carbons (Fsp3) is 0.444. The SMILES string of the molecule is COc1cccc(C(=O)N2CCN(Cc3c(C)nn(C)c3Cl)CC2)c1. The topological polar surface area (TPSA) is 50.6 Å². The van der Waals surface area contributed by atoms with Crippen molar-refractivity contribution in [2.75, 3.05) is 33.3 Å². The maximum absolute atomic E-state index is 12.7. The van der Waals surface area contributed by atoms with Crippen molar-refractivity contribution in [3.8, 4) is 5.75 Å². The van der Waals surface area contributed by atoms with E-state index in [9.17, 15) is 4.79 Å². The lowest BCUT2D eigenvalue weighted by Gasteiger charge is -2.34. The van der Waals surface area contributed by atoms with Crippen LogP contribution in [0.2, 0.25) is 5.15 Å². The van der Waals surface area contributed by atoms with Gasteiger partial charge in [0.2, 0.25) is 0 Å². The fourth-order valence-electron chi connectivity index (χ4n) is 3.12. The van der Waals surface area contributed by atoms with Gasteiger partial charge in [-0.2, -0.15) is 5.10 Å². The molecular weight excluding hydrogens is 340 g/mol. The van der Waals surface area contributed by atoms with E-state index in [-0.39, 0.29) is 5.91 Å². The maximum Gasteiger partial charge on any atom is 0.254 e. The van der Waals surface area contributed by atoms with Gasteiger partial charge in [0.1, 0.15) is 10.9 Å². The van der Waals surface area contributed by atoms with Crippen molar-refractivity contribution in [1.29, 1.82) is 0 Å². The minimum absolute atomic E-state index is 0.0501. The number of rotatable bonds is 4. The van der Waals surface area contributed by atoms with Crippen LogP contribution in [-0.4, -0.2) is 58.8 Å². The highest BCUT2D eigenvalue weighted by atomic mass is 35.5. The molecule has 134 valence electrons. The summed E-state index contributed by atoms with van der Waals surface area (Å²) in [6.45, 7) is 5.78. The minimum Gasteiger partial charge on any atom is -0.497 e. The van der Waals surface area contributed by atoms with Gasteiger partial charge in [0, 0.05) is 50.9 Å². The van der Waals surface area contributed by atoms with Crippen LogP contribution in [-0.2, 0) is 13.6 Å². The van der Waals surface area contributed by atoms with Crippen molar-refractivity contribution in [3.05, 3.63) is 46.2 Å². The van der Waals surface area contributed by atoms with Gasteiger partial charge in [-0.05, 0) is 25.1 Å². The molecule has 2 heterocycles. The average Bonchev–Trinajstić information content (AvgIpc) is 2.88. The van der Waals surface area contributed by atoms with Gasteiger partial charge in [-0.25, -0.2) is 0 Å². The number of halogens is 1. The Morgan fingerprint density at radius 2 is 2.00 bits per heavy atom. The molecule has 1 aliphatic rings. The maximum atomic E-state index is 12.7. The van der Waals surface area contributed by atoms with E-state index in [0.717, 1.165) is 30.9 Å². The lowest BCUT2D eigenvalue weighted by Crippen LogP contribution is -2.48. The summed E-state index contributed by atoms with van der Waals surface area (Å²) in [5.41, 5.74) is 2.69. The summed E-state index contributed by atoms with van der Waals surface area (Å²) in [5.74, 6) is 0.750. The van der Waals surface area contributed by atoms with Gasteiger partial charge in [0.05, 0.1) is 12.8 Å². The Labute approximate surface area is 152 Å². The standard InChI is InChI=1S/C18H23ClN4O2/c1-13-16(17(19)21(2)20-13)12-22-7-9-23(10-8-22)18(24)14-5-4-6-15(11-14)25-3/h4-6,11H,7-10,12H2,1-3H3. The van der Waals surface area contributed by atoms with Gasteiger partial charge in [0.15, 0.2) is 0 Å². The zero-order valence-corrected chi connectivity index (χ0v) is 15.6. The molecule has 0 aliphatic carbocycles. The van der Waals surface area contributed by atoms with Crippen molar-refractivity contribution in [2.24, 2.45) is 7.05 Å². The van der Waals surface area contributed by atoms with Gasteiger partial charge >= 0.3 is 0 Å². The summed E-state index contributed by atoms with van der Waals surface area (Å²) in [5, 5.41) is 5.04. The monoisotopic (exact) mass is 362 g/mol. The Morgan fingerprint density at radius 3 is 2.60 bits per heavy atom. The van der Waals surface area contributed by atoms with Crippen LogP contribution in [0.4, 0.5) is 0 Å². The third kappa shape index (κ3) is 3.80. The molecule has 1 fully saturated rings. The summed E-state index contributed by atoms with van der Waals surface area (Å²) in [7, 11) is 3.46. The smallest absolute Gasteiger partial charge is 0.254 e. The molecule has 7 heteroatoms. The van der Waals surface area contributed by atoms with Crippen LogP contribution in [0.25, 0.3) is 0 Å². The van der Waals surface area contributed by atoms with Crippen molar-refractivity contribution < 1.29 is 9.53 Å². The first-order valence-corrected chi connectivity index (χ1v) is 8.71. The molecule has 0 bridgehead atoms. The zero-order valence-electron chi connectivity index (χ0n) is 14.8. The summed E-state index contributed by atoms with van der Waals surface area (Å²) in [6.07, 6.45) is 0. The molecule has 0 radical (unpaired) electrons. The highest BCUT2D eigenvalue weighted by Gasteiger charge is 2.24. The van der Waals surface area contributed by atoms with Gasteiger partial charge < -0.3 is 9.64 Å². The Kier molecular flexibility index (Phi) is 5.30. The minimum atomic E-state index is 0.0501. The number of carbonyl (C=O) groups excluding carboxylic acids is 1. The van der Waals surface area contributed by atoms with E-state index in [1.807, 2.05) is 37.1 Å². The Balaban J connectivity index is 1.60. The lowest BCUT2D eigenvalue weighted by molar-refractivity contribution is 0.0628. The number of hydrogen-bond donors (Lipinski definition) is 0. The molecule has 0 unspecified atom stereocenters. The molecule has 3 rings (SSSR count). The number of methoxy groups -OCH3 is 1. The van der Waals surface area contributed by atoms with Crippen LogP contribution >= 0.6 is 11.6 Å². The summed E-state index contributed by atoms with van der Waals surface area (Å²) in [6, 6.07) is 7.30. The second-order valence-electron chi connectivity index (χ2n) is 6.28. The molecule has 1 aromatic heterocycles. The van der Waals surface area contributed by atoms with Crippen molar-refractivity contribution in [3.63, 3.8) is 0 Å². The molecule has 0 N–H and O–H groups in total. The van der Waals surface area contributed by atoms with Crippen LogP contribution in [0.3, 0.4) is 0 Å². The molecule has 1 amide bonds. The molecule has 2 aromatic rings. The highest BCUT2D eigenvalue weighted by Crippen LogP contribution is 2.22. The number of piperazine rings is 1. The molecule has 1 saturated heterocycles. The average molecular weight is 363 g/mol. The van der Waals surface area contributed by atoms with Gasteiger partial charge in [-0.1, -0.05) is 17.7 Å². The van der Waals surface area contributed by atoms with Crippen molar-refractivity contribution in [1.82, 2.24) is 19.6 Å². The number of amides is 1. The van der Waals surface area contributed by atoms with Crippen molar-refractivity contribution in [2.45, 2.75) is 13.5 Å². The first kappa shape index (κ1) is 17.8. The second-order valence-corrected chi connectivity index (χ2v) is 6.64. The predicted octanol–water partition coefficient (Wildman–Crippen LogP) is 2.35. The number of carbonyl (C=O) groups is 1.